The molecule has 140 valence electrons. The number of rotatable bonds is 9. The van der Waals surface area contributed by atoms with Crippen LogP contribution in [0.4, 0.5) is 0 Å². The first-order valence-electron chi connectivity index (χ1n) is 8.45. The second-order valence-electron chi connectivity index (χ2n) is 5.59. The predicted octanol–water partition coefficient (Wildman–Crippen LogP) is 2.91. The molecule has 1 aromatic heterocycles. The Morgan fingerprint density at radius 3 is 2.65 bits per heavy atom. The number of nitrogens with zero attached hydrogens (tertiary/aromatic N) is 5. The second-order valence-corrected chi connectivity index (χ2v) is 8.59. The normalized spacial score (nSPS) is 11.7. The molecule has 26 heavy (non-hydrogen) atoms. The molecule has 9 heteroatoms. The van der Waals surface area contributed by atoms with Gasteiger partial charge in [0.1, 0.15) is 0 Å². The minimum absolute atomic E-state index is 0.255. The van der Waals surface area contributed by atoms with Gasteiger partial charge < -0.3 is 4.57 Å². The van der Waals surface area contributed by atoms with Crippen molar-refractivity contribution >= 4 is 21.8 Å². The minimum atomic E-state index is -3.52. The highest BCUT2D eigenvalue weighted by molar-refractivity contribution is 7.99. The lowest BCUT2D eigenvalue weighted by atomic mass is 10.2. The van der Waals surface area contributed by atoms with Crippen LogP contribution in [0.25, 0.3) is 11.4 Å². The Morgan fingerprint density at radius 2 is 2.00 bits per heavy atom. The van der Waals surface area contributed by atoms with Crippen molar-refractivity contribution in [2.24, 2.45) is 7.05 Å². The van der Waals surface area contributed by atoms with Gasteiger partial charge >= 0.3 is 0 Å². The van der Waals surface area contributed by atoms with Crippen molar-refractivity contribution in [1.82, 2.24) is 19.1 Å². The summed E-state index contributed by atoms with van der Waals surface area (Å²) in [6, 6.07) is 8.92. The SMILES string of the molecule is CCN(CC)S(=O)(=O)c1cccc(-c2nnc(SCCCC#N)n2C)c1. The highest BCUT2D eigenvalue weighted by Gasteiger charge is 2.22. The van der Waals surface area contributed by atoms with Crippen molar-refractivity contribution in [2.45, 2.75) is 36.7 Å². The van der Waals surface area contributed by atoms with Crippen molar-refractivity contribution in [3.05, 3.63) is 24.3 Å². The maximum absolute atomic E-state index is 12.7. The summed E-state index contributed by atoms with van der Waals surface area (Å²) in [4.78, 5) is 0.255. The fourth-order valence-corrected chi connectivity index (χ4v) is 4.87. The highest BCUT2D eigenvalue weighted by Crippen LogP contribution is 2.26. The van der Waals surface area contributed by atoms with Gasteiger partial charge in [0.15, 0.2) is 11.0 Å². The summed E-state index contributed by atoms with van der Waals surface area (Å²) in [5.74, 6) is 1.40. The van der Waals surface area contributed by atoms with E-state index in [0.29, 0.717) is 30.9 Å². The van der Waals surface area contributed by atoms with E-state index in [1.165, 1.54) is 16.1 Å². The summed E-state index contributed by atoms with van der Waals surface area (Å²) in [6.45, 7) is 4.50. The van der Waals surface area contributed by atoms with E-state index in [1.807, 2.05) is 31.5 Å². The van der Waals surface area contributed by atoms with E-state index < -0.39 is 10.0 Å². The molecule has 0 bridgehead atoms. The van der Waals surface area contributed by atoms with Gasteiger partial charge in [0.25, 0.3) is 0 Å². The molecular weight excluding hydrogens is 370 g/mol. The van der Waals surface area contributed by atoms with Crippen LogP contribution in [-0.2, 0) is 17.1 Å². The third-order valence-corrected chi connectivity index (χ3v) is 7.09. The quantitative estimate of drug-likeness (QED) is 0.480. The van der Waals surface area contributed by atoms with E-state index in [4.69, 9.17) is 5.26 Å². The number of benzene rings is 1. The van der Waals surface area contributed by atoms with Crippen LogP contribution in [-0.4, -0.2) is 46.3 Å². The summed E-state index contributed by atoms with van der Waals surface area (Å²) < 4.78 is 28.7. The molecule has 0 aliphatic heterocycles. The Bertz CT molecular complexity index is 883. The first kappa shape index (κ1) is 20.4. The average Bonchev–Trinajstić information content (AvgIpc) is 3.00. The van der Waals surface area contributed by atoms with Crippen LogP contribution in [0.3, 0.4) is 0 Å². The lowest BCUT2D eigenvalue weighted by Crippen LogP contribution is -2.30. The molecule has 1 aromatic carbocycles. The van der Waals surface area contributed by atoms with Crippen molar-refractivity contribution in [2.75, 3.05) is 18.8 Å². The number of sulfonamides is 1. The maximum Gasteiger partial charge on any atom is 0.243 e. The van der Waals surface area contributed by atoms with Crippen molar-refractivity contribution in [3.8, 4) is 17.5 Å². The van der Waals surface area contributed by atoms with E-state index in [-0.39, 0.29) is 4.90 Å². The number of hydrogen-bond donors (Lipinski definition) is 0. The van der Waals surface area contributed by atoms with Crippen molar-refractivity contribution < 1.29 is 8.42 Å². The monoisotopic (exact) mass is 393 g/mol. The fraction of sp³-hybridized carbons (Fsp3) is 0.471. The lowest BCUT2D eigenvalue weighted by Gasteiger charge is -2.18. The van der Waals surface area contributed by atoms with Gasteiger partial charge in [0, 0.05) is 37.9 Å². The zero-order valence-electron chi connectivity index (χ0n) is 15.2. The topological polar surface area (TPSA) is 91.9 Å². The van der Waals surface area contributed by atoms with Crippen LogP contribution in [0.1, 0.15) is 26.7 Å². The van der Waals surface area contributed by atoms with E-state index in [9.17, 15) is 8.42 Å². The molecule has 0 fully saturated rings. The van der Waals surface area contributed by atoms with Gasteiger partial charge in [-0.1, -0.05) is 37.7 Å². The molecule has 0 N–H and O–H groups in total. The molecule has 7 nitrogen and oxygen atoms in total. The van der Waals surface area contributed by atoms with E-state index >= 15 is 0 Å². The van der Waals surface area contributed by atoms with Gasteiger partial charge in [0.05, 0.1) is 11.0 Å². The number of nitriles is 1. The Morgan fingerprint density at radius 1 is 1.27 bits per heavy atom. The largest absolute Gasteiger partial charge is 0.305 e. The molecule has 2 aromatic rings. The van der Waals surface area contributed by atoms with Crippen LogP contribution in [0.2, 0.25) is 0 Å². The summed E-state index contributed by atoms with van der Waals surface area (Å²) in [6.07, 6.45) is 1.31. The Balaban J connectivity index is 2.29. The molecule has 0 aliphatic rings. The minimum Gasteiger partial charge on any atom is -0.305 e. The number of unbranched alkanes of at least 4 members (excludes halogenated alkanes) is 1. The summed E-state index contributed by atoms with van der Waals surface area (Å²) >= 11 is 1.54. The van der Waals surface area contributed by atoms with Crippen LogP contribution in [0.5, 0.6) is 0 Å². The molecule has 0 radical (unpaired) electrons. The molecule has 0 unspecified atom stereocenters. The first-order valence-corrected chi connectivity index (χ1v) is 10.9. The number of aromatic nitrogens is 3. The fourth-order valence-electron chi connectivity index (χ4n) is 2.51. The smallest absolute Gasteiger partial charge is 0.243 e. The molecule has 0 saturated heterocycles. The van der Waals surface area contributed by atoms with Crippen molar-refractivity contribution in [3.63, 3.8) is 0 Å². The third kappa shape index (κ3) is 4.44. The molecular formula is C17H23N5O2S2. The summed E-state index contributed by atoms with van der Waals surface area (Å²) in [7, 11) is -1.66. The van der Waals surface area contributed by atoms with Gasteiger partial charge in [0.2, 0.25) is 10.0 Å². The first-order chi connectivity index (χ1) is 12.5. The number of thioether (sulfide) groups is 1. The zero-order chi connectivity index (χ0) is 19.2. The standard InChI is InChI=1S/C17H23N5O2S2/c1-4-22(5-2)26(23,24)15-10-8-9-14(13-15)16-19-20-17(21(16)3)25-12-7-6-11-18/h8-10,13H,4-7,12H2,1-3H3. The molecule has 2 rings (SSSR count). The van der Waals surface area contributed by atoms with Gasteiger partial charge in [-0.25, -0.2) is 8.42 Å². The van der Waals surface area contributed by atoms with Crippen molar-refractivity contribution in [1.29, 1.82) is 5.26 Å². The molecule has 1 heterocycles. The van der Waals surface area contributed by atoms with Crippen LogP contribution in [0.15, 0.2) is 34.3 Å². The van der Waals surface area contributed by atoms with Crippen LogP contribution < -0.4 is 0 Å². The van der Waals surface area contributed by atoms with Gasteiger partial charge in [-0.05, 0) is 18.6 Å². The maximum atomic E-state index is 12.7. The molecule has 0 amide bonds. The Labute approximate surface area is 159 Å². The summed E-state index contributed by atoms with van der Waals surface area (Å²) in [5.41, 5.74) is 0.706. The Hall–Kier alpha value is -1.89. The second kappa shape index (κ2) is 9.16. The van der Waals surface area contributed by atoms with Gasteiger partial charge in [-0.3, -0.25) is 0 Å². The zero-order valence-corrected chi connectivity index (χ0v) is 16.8. The third-order valence-electron chi connectivity index (χ3n) is 3.93. The molecule has 0 saturated carbocycles. The van der Waals surface area contributed by atoms with Crippen LogP contribution >= 0.6 is 11.8 Å². The van der Waals surface area contributed by atoms with Gasteiger partial charge in [-0.15, -0.1) is 10.2 Å². The predicted molar refractivity (Wildman–Crippen MR) is 102 cm³/mol. The highest BCUT2D eigenvalue weighted by atomic mass is 32.2. The van der Waals surface area contributed by atoms with E-state index in [2.05, 4.69) is 16.3 Å². The van der Waals surface area contributed by atoms with E-state index in [1.54, 1.807) is 18.2 Å². The van der Waals surface area contributed by atoms with Gasteiger partial charge in [-0.2, -0.15) is 9.57 Å². The molecule has 0 atom stereocenters. The van der Waals surface area contributed by atoms with Crippen LogP contribution in [0, 0.1) is 11.3 Å². The average molecular weight is 394 g/mol. The summed E-state index contributed by atoms with van der Waals surface area (Å²) in [5, 5.41) is 17.7. The molecule has 0 aliphatic carbocycles. The van der Waals surface area contributed by atoms with E-state index in [0.717, 1.165) is 17.3 Å². The number of hydrogen-bond acceptors (Lipinski definition) is 6. The lowest BCUT2D eigenvalue weighted by molar-refractivity contribution is 0.445. The Kier molecular flexibility index (Phi) is 7.20. The molecule has 0 spiro atoms.